The van der Waals surface area contributed by atoms with E-state index in [0.29, 0.717) is 11.3 Å². The maximum Gasteiger partial charge on any atom is 0.136 e. The van der Waals surface area contributed by atoms with E-state index in [1.54, 1.807) is 6.07 Å². The molecule has 0 radical (unpaired) electrons. The van der Waals surface area contributed by atoms with E-state index in [4.69, 9.17) is 14.4 Å². The van der Waals surface area contributed by atoms with Crippen LogP contribution in [0.1, 0.15) is 5.69 Å². The van der Waals surface area contributed by atoms with Gasteiger partial charge in [-0.2, -0.15) is 0 Å². The van der Waals surface area contributed by atoms with Crippen molar-refractivity contribution in [2.24, 2.45) is 7.05 Å². The molecule has 0 saturated carbocycles. The molecule has 4 aromatic heterocycles. The van der Waals surface area contributed by atoms with E-state index < -0.39 is 0 Å². The summed E-state index contributed by atoms with van der Waals surface area (Å²) >= 11 is 0. The van der Waals surface area contributed by atoms with Crippen molar-refractivity contribution >= 4 is 21.9 Å². The van der Waals surface area contributed by atoms with Crippen LogP contribution in [-0.2, 0) is 28.1 Å². The molecule has 0 atom stereocenters. The summed E-state index contributed by atoms with van der Waals surface area (Å²) in [6.07, 6.45) is 0. The number of phenolic OH excluding ortho intramolecular Hbond substituents is 1. The Labute approximate surface area is 316 Å². The molecular formula is C46H32N3O2Pt-. The molecule has 9 aromatic rings. The fourth-order valence-electron chi connectivity index (χ4n) is 6.99. The zero-order valence-corrected chi connectivity index (χ0v) is 30.7. The summed E-state index contributed by atoms with van der Waals surface area (Å²) in [6.45, 7) is 2.03. The van der Waals surface area contributed by atoms with Crippen molar-refractivity contribution in [2.45, 2.75) is 6.92 Å². The van der Waals surface area contributed by atoms with Gasteiger partial charge in [-0.15, -0.1) is 24.3 Å². The SMILES string of the molecule is Cc1cc(-c2ccc(-c3ccc4c(c3)oc3ccccc34)n2C)cc(-c2[c-]c(-c3cc(-c4ccccc4)cc(-c4ccccc4O)n3)ccc2)n1.[Pt]. The smallest absolute Gasteiger partial charge is 0.136 e. The van der Waals surface area contributed by atoms with Gasteiger partial charge in [-0.1, -0.05) is 90.0 Å². The van der Waals surface area contributed by atoms with Gasteiger partial charge >= 0.3 is 0 Å². The second-order valence-electron chi connectivity index (χ2n) is 12.8. The van der Waals surface area contributed by atoms with E-state index in [0.717, 1.165) is 83.8 Å². The first-order chi connectivity index (χ1) is 25.0. The Balaban J connectivity index is 0.00000387. The van der Waals surface area contributed by atoms with Crippen molar-refractivity contribution in [3.8, 4) is 73.2 Å². The van der Waals surface area contributed by atoms with E-state index in [9.17, 15) is 5.11 Å². The average Bonchev–Trinajstić information content (AvgIpc) is 3.74. The molecule has 52 heavy (non-hydrogen) atoms. The number of hydrogen-bond acceptors (Lipinski definition) is 4. The maximum atomic E-state index is 10.7. The van der Waals surface area contributed by atoms with E-state index >= 15 is 0 Å². The van der Waals surface area contributed by atoms with Gasteiger partial charge < -0.3 is 14.1 Å². The number of pyridine rings is 2. The van der Waals surface area contributed by atoms with Crippen LogP contribution in [0.15, 0.2) is 156 Å². The Kier molecular flexibility index (Phi) is 8.66. The Morgan fingerprint density at radius 1 is 0.538 bits per heavy atom. The van der Waals surface area contributed by atoms with Gasteiger partial charge in [0.15, 0.2) is 0 Å². The van der Waals surface area contributed by atoms with E-state index in [1.807, 2.05) is 85.8 Å². The van der Waals surface area contributed by atoms with E-state index in [2.05, 4.69) is 84.4 Å². The monoisotopic (exact) mass is 853 g/mol. The number of rotatable bonds is 6. The van der Waals surface area contributed by atoms with Crippen LogP contribution in [0, 0.1) is 13.0 Å². The fourth-order valence-corrected chi connectivity index (χ4v) is 6.99. The molecule has 0 bridgehead atoms. The first-order valence-electron chi connectivity index (χ1n) is 16.9. The Morgan fingerprint density at radius 2 is 1.19 bits per heavy atom. The van der Waals surface area contributed by atoms with Crippen LogP contribution >= 0.6 is 0 Å². The predicted octanol–water partition coefficient (Wildman–Crippen LogP) is 11.5. The molecule has 0 amide bonds. The third kappa shape index (κ3) is 6.04. The molecule has 1 N–H and O–H groups in total. The topological polar surface area (TPSA) is 64.1 Å². The first kappa shape index (κ1) is 33.1. The molecule has 0 aliphatic carbocycles. The van der Waals surface area contributed by atoms with E-state index in [1.165, 1.54) is 0 Å². The molecule has 9 rings (SSSR count). The summed E-state index contributed by atoms with van der Waals surface area (Å²) in [6, 6.07) is 54.5. The minimum absolute atomic E-state index is 0. The molecule has 254 valence electrons. The minimum Gasteiger partial charge on any atom is -0.507 e. The molecule has 0 aliphatic rings. The number of nitrogens with zero attached hydrogens (tertiary/aromatic N) is 3. The van der Waals surface area contributed by atoms with Gasteiger partial charge in [-0.3, -0.25) is 9.97 Å². The third-order valence-corrected chi connectivity index (χ3v) is 9.50. The molecular weight excluding hydrogens is 822 g/mol. The number of aromatic nitrogens is 3. The normalized spacial score (nSPS) is 11.2. The second-order valence-corrected chi connectivity index (χ2v) is 12.8. The van der Waals surface area contributed by atoms with Crippen LogP contribution in [0.25, 0.3) is 89.4 Å². The van der Waals surface area contributed by atoms with Gasteiger partial charge in [-0.05, 0) is 78.2 Å². The molecule has 6 heteroatoms. The van der Waals surface area contributed by atoms with Crippen molar-refractivity contribution < 1.29 is 30.6 Å². The Morgan fingerprint density at radius 3 is 2.00 bits per heavy atom. The average molecular weight is 854 g/mol. The standard InChI is InChI=1S/C46H32N3O2.Pt/c1-29-23-35(43-22-21-42(49(43)2)33-19-20-37-36-15-7-9-18-45(36)51-46(37)28-33)27-39(47-29)31-13-10-14-32(24-31)40-25-34(30-11-4-3-5-12-30)26-41(48-40)38-16-6-8-17-44(38)50;/h3-23,25-28,50H,1-2H3;/q-1;. The summed E-state index contributed by atoms with van der Waals surface area (Å²) in [7, 11) is 2.10. The largest absolute Gasteiger partial charge is 0.507 e. The van der Waals surface area contributed by atoms with Crippen LogP contribution in [0.3, 0.4) is 0 Å². The van der Waals surface area contributed by atoms with Crippen LogP contribution in [0.5, 0.6) is 5.75 Å². The van der Waals surface area contributed by atoms with Gasteiger partial charge in [0.1, 0.15) is 16.9 Å². The van der Waals surface area contributed by atoms with Crippen LogP contribution in [-0.4, -0.2) is 19.6 Å². The zero-order valence-electron chi connectivity index (χ0n) is 28.4. The van der Waals surface area contributed by atoms with Gasteiger partial charge in [0.2, 0.25) is 0 Å². The van der Waals surface area contributed by atoms with Crippen LogP contribution in [0.2, 0.25) is 0 Å². The molecule has 5 aromatic carbocycles. The minimum atomic E-state index is 0. The zero-order chi connectivity index (χ0) is 34.5. The summed E-state index contributed by atoms with van der Waals surface area (Å²) < 4.78 is 8.42. The number of para-hydroxylation sites is 2. The number of benzene rings is 5. The molecule has 0 fully saturated rings. The van der Waals surface area contributed by atoms with Crippen molar-refractivity contribution in [3.05, 3.63) is 163 Å². The van der Waals surface area contributed by atoms with Gasteiger partial charge in [0.25, 0.3) is 0 Å². The summed E-state index contributed by atoms with van der Waals surface area (Å²) in [4.78, 5) is 9.98. The maximum absolute atomic E-state index is 10.7. The summed E-state index contributed by atoms with van der Waals surface area (Å²) in [5.41, 5.74) is 13.8. The first-order valence-corrected chi connectivity index (χ1v) is 16.9. The molecule has 0 aliphatic heterocycles. The quantitative estimate of drug-likeness (QED) is 0.169. The molecule has 5 nitrogen and oxygen atoms in total. The molecule has 4 heterocycles. The number of hydrogen-bond donors (Lipinski definition) is 1. The van der Waals surface area contributed by atoms with Crippen molar-refractivity contribution in [3.63, 3.8) is 0 Å². The molecule has 0 unspecified atom stereocenters. The second kappa shape index (κ2) is 13.6. The van der Waals surface area contributed by atoms with Gasteiger partial charge in [-0.25, -0.2) is 0 Å². The number of aryl methyl sites for hydroxylation is 1. The predicted molar refractivity (Wildman–Crippen MR) is 206 cm³/mol. The number of furan rings is 1. The van der Waals surface area contributed by atoms with Gasteiger partial charge in [0, 0.05) is 78.5 Å². The van der Waals surface area contributed by atoms with Crippen molar-refractivity contribution in [2.75, 3.05) is 0 Å². The van der Waals surface area contributed by atoms with Crippen LogP contribution < -0.4 is 0 Å². The van der Waals surface area contributed by atoms with Crippen LogP contribution in [0.4, 0.5) is 0 Å². The summed E-state index contributed by atoms with van der Waals surface area (Å²) in [5.74, 6) is 0.189. The van der Waals surface area contributed by atoms with Gasteiger partial charge in [0.05, 0.1) is 5.69 Å². The number of aromatic hydroxyl groups is 1. The van der Waals surface area contributed by atoms with Crippen molar-refractivity contribution in [1.29, 1.82) is 0 Å². The summed E-state index contributed by atoms with van der Waals surface area (Å²) in [5, 5.41) is 13.0. The fraction of sp³-hybridized carbons (Fsp3) is 0.0435. The molecule has 0 spiro atoms. The Bertz CT molecular complexity index is 2750. The third-order valence-electron chi connectivity index (χ3n) is 9.50. The number of phenols is 1. The van der Waals surface area contributed by atoms with E-state index in [-0.39, 0.29) is 26.8 Å². The molecule has 0 saturated heterocycles. The number of fused-ring (bicyclic) bond motifs is 3. The van der Waals surface area contributed by atoms with Crippen molar-refractivity contribution in [1.82, 2.24) is 14.5 Å². The Hall–Kier alpha value is -6.03.